The molecular weight excluding hydrogens is 252 g/mol. The van der Waals surface area contributed by atoms with Crippen LogP contribution in [-0.4, -0.2) is 30.8 Å². The molecule has 1 amide bonds. The molecule has 0 radical (unpaired) electrons. The number of ether oxygens (including phenoxy) is 1. The molecule has 1 aliphatic carbocycles. The molecule has 0 bridgehead atoms. The molecule has 20 heavy (non-hydrogen) atoms. The highest BCUT2D eigenvalue weighted by molar-refractivity contribution is 5.67. The fourth-order valence-electron chi connectivity index (χ4n) is 2.75. The van der Waals surface area contributed by atoms with Crippen LogP contribution < -0.4 is 10.6 Å². The van der Waals surface area contributed by atoms with Gasteiger partial charge in [0, 0.05) is 12.6 Å². The van der Waals surface area contributed by atoms with Crippen LogP contribution in [0, 0.1) is 11.8 Å². The fourth-order valence-corrected chi connectivity index (χ4v) is 2.75. The zero-order valence-corrected chi connectivity index (χ0v) is 13.8. The molecule has 0 saturated heterocycles. The Balaban J connectivity index is 2.09. The molecule has 1 saturated carbocycles. The normalized spacial score (nSPS) is 27.1. The van der Waals surface area contributed by atoms with Crippen LogP contribution in [0.1, 0.15) is 60.3 Å². The summed E-state index contributed by atoms with van der Waals surface area (Å²) in [5.41, 5.74) is -0.421. The topological polar surface area (TPSA) is 50.4 Å². The lowest BCUT2D eigenvalue weighted by Crippen LogP contribution is -2.41. The maximum atomic E-state index is 11.5. The first kappa shape index (κ1) is 17.3. The second-order valence-electron chi connectivity index (χ2n) is 7.11. The van der Waals surface area contributed by atoms with Gasteiger partial charge in [-0.1, -0.05) is 26.7 Å². The molecule has 3 unspecified atom stereocenters. The molecule has 118 valence electrons. The van der Waals surface area contributed by atoms with E-state index in [4.69, 9.17) is 4.74 Å². The van der Waals surface area contributed by atoms with E-state index >= 15 is 0 Å². The van der Waals surface area contributed by atoms with Gasteiger partial charge in [-0.3, -0.25) is 0 Å². The average Bonchev–Trinajstić information content (AvgIpc) is 2.31. The molecule has 0 aromatic rings. The first-order valence-electron chi connectivity index (χ1n) is 8.00. The number of hydrogen-bond acceptors (Lipinski definition) is 3. The number of amides is 1. The Bertz CT molecular complexity index is 299. The smallest absolute Gasteiger partial charge is 0.407 e. The SMILES string of the molecule is CC1CCCC(NCCCNC(=O)OC(C)(C)C)C1C. The highest BCUT2D eigenvalue weighted by atomic mass is 16.6. The first-order chi connectivity index (χ1) is 9.29. The monoisotopic (exact) mass is 284 g/mol. The average molecular weight is 284 g/mol. The van der Waals surface area contributed by atoms with Gasteiger partial charge in [-0.15, -0.1) is 0 Å². The predicted octanol–water partition coefficient (Wildman–Crippen LogP) is 3.32. The molecule has 0 spiro atoms. The Morgan fingerprint density at radius 2 is 1.90 bits per heavy atom. The third kappa shape index (κ3) is 6.60. The van der Waals surface area contributed by atoms with Crippen LogP contribution in [0.2, 0.25) is 0 Å². The van der Waals surface area contributed by atoms with Gasteiger partial charge in [-0.05, 0) is 52.0 Å². The summed E-state index contributed by atoms with van der Waals surface area (Å²) in [6, 6.07) is 0.639. The third-order valence-corrected chi connectivity index (χ3v) is 4.14. The maximum absolute atomic E-state index is 11.5. The van der Waals surface area contributed by atoms with Gasteiger partial charge in [0.15, 0.2) is 0 Å². The van der Waals surface area contributed by atoms with Gasteiger partial charge in [-0.2, -0.15) is 0 Å². The number of carbonyl (C=O) groups is 1. The van der Waals surface area contributed by atoms with E-state index in [1.807, 2.05) is 20.8 Å². The van der Waals surface area contributed by atoms with Crippen LogP contribution in [-0.2, 0) is 4.74 Å². The highest BCUT2D eigenvalue weighted by Crippen LogP contribution is 2.29. The van der Waals surface area contributed by atoms with Crippen LogP contribution in [0.4, 0.5) is 4.79 Å². The zero-order valence-electron chi connectivity index (χ0n) is 13.8. The number of rotatable bonds is 5. The van der Waals surface area contributed by atoms with Crippen molar-refractivity contribution in [2.45, 2.75) is 71.9 Å². The van der Waals surface area contributed by atoms with E-state index in [9.17, 15) is 4.79 Å². The summed E-state index contributed by atoms with van der Waals surface area (Å²) in [4.78, 5) is 11.5. The number of alkyl carbamates (subject to hydrolysis) is 1. The van der Waals surface area contributed by atoms with Crippen LogP contribution >= 0.6 is 0 Å². The van der Waals surface area contributed by atoms with Gasteiger partial charge >= 0.3 is 6.09 Å². The van der Waals surface area contributed by atoms with Crippen LogP contribution in [0.5, 0.6) is 0 Å². The number of hydrogen-bond donors (Lipinski definition) is 2. The molecular formula is C16H32N2O2. The van der Waals surface area contributed by atoms with E-state index in [2.05, 4.69) is 24.5 Å². The fraction of sp³-hybridized carbons (Fsp3) is 0.938. The second-order valence-corrected chi connectivity index (χ2v) is 7.11. The summed E-state index contributed by atoms with van der Waals surface area (Å²) in [5, 5.41) is 6.43. The zero-order chi connectivity index (χ0) is 15.2. The van der Waals surface area contributed by atoms with Crippen molar-refractivity contribution in [2.75, 3.05) is 13.1 Å². The Labute approximate surface area is 124 Å². The lowest BCUT2D eigenvalue weighted by atomic mass is 9.78. The largest absolute Gasteiger partial charge is 0.444 e. The van der Waals surface area contributed by atoms with Crippen LogP contribution in [0.25, 0.3) is 0 Å². The van der Waals surface area contributed by atoms with Gasteiger partial charge in [0.2, 0.25) is 0 Å². The standard InChI is InChI=1S/C16H32N2O2/c1-12-8-6-9-14(13(12)2)17-10-7-11-18-15(19)20-16(3,4)5/h12-14,17H,6-11H2,1-5H3,(H,18,19). The highest BCUT2D eigenvalue weighted by Gasteiger charge is 2.26. The van der Waals surface area contributed by atoms with E-state index < -0.39 is 5.60 Å². The summed E-state index contributed by atoms with van der Waals surface area (Å²) in [6.45, 7) is 11.9. The summed E-state index contributed by atoms with van der Waals surface area (Å²) < 4.78 is 5.19. The van der Waals surface area contributed by atoms with E-state index in [0.29, 0.717) is 12.6 Å². The van der Waals surface area contributed by atoms with Crippen molar-refractivity contribution in [3.63, 3.8) is 0 Å². The lowest BCUT2D eigenvalue weighted by Gasteiger charge is -2.34. The molecule has 3 atom stereocenters. The maximum Gasteiger partial charge on any atom is 0.407 e. The van der Waals surface area contributed by atoms with E-state index in [-0.39, 0.29) is 6.09 Å². The molecule has 0 heterocycles. The van der Waals surface area contributed by atoms with E-state index in [1.165, 1.54) is 19.3 Å². The third-order valence-electron chi connectivity index (χ3n) is 4.14. The Hall–Kier alpha value is -0.770. The summed E-state index contributed by atoms with van der Waals surface area (Å²) in [7, 11) is 0. The van der Waals surface area contributed by atoms with Gasteiger partial charge in [0.1, 0.15) is 5.60 Å². The Kier molecular flexibility index (Phi) is 6.80. The van der Waals surface area contributed by atoms with Crippen molar-refractivity contribution < 1.29 is 9.53 Å². The number of nitrogens with one attached hydrogen (secondary N) is 2. The summed E-state index contributed by atoms with van der Waals surface area (Å²) in [6.07, 6.45) is 4.60. The molecule has 0 aliphatic heterocycles. The minimum absolute atomic E-state index is 0.322. The Morgan fingerprint density at radius 1 is 1.20 bits per heavy atom. The molecule has 0 aromatic heterocycles. The molecule has 4 heteroatoms. The quantitative estimate of drug-likeness (QED) is 0.761. The van der Waals surface area contributed by atoms with Gasteiger partial charge in [0.05, 0.1) is 0 Å². The van der Waals surface area contributed by atoms with Crippen molar-refractivity contribution in [3.8, 4) is 0 Å². The van der Waals surface area contributed by atoms with Gasteiger partial charge < -0.3 is 15.4 Å². The summed E-state index contributed by atoms with van der Waals surface area (Å²) in [5.74, 6) is 1.57. The molecule has 1 aliphatic rings. The molecule has 1 rings (SSSR count). The molecule has 2 N–H and O–H groups in total. The van der Waals surface area contributed by atoms with E-state index in [1.54, 1.807) is 0 Å². The second kappa shape index (κ2) is 7.87. The van der Waals surface area contributed by atoms with Crippen LogP contribution in [0.15, 0.2) is 0 Å². The van der Waals surface area contributed by atoms with Gasteiger partial charge in [-0.25, -0.2) is 4.79 Å². The minimum atomic E-state index is -0.421. The van der Waals surface area contributed by atoms with Crippen molar-refractivity contribution in [2.24, 2.45) is 11.8 Å². The molecule has 1 fully saturated rings. The van der Waals surface area contributed by atoms with E-state index in [0.717, 1.165) is 24.8 Å². The van der Waals surface area contributed by atoms with Gasteiger partial charge in [0.25, 0.3) is 0 Å². The van der Waals surface area contributed by atoms with Crippen molar-refractivity contribution in [1.82, 2.24) is 10.6 Å². The van der Waals surface area contributed by atoms with Crippen molar-refractivity contribution in [1.29, 1.82) is 0 Å². The minimum Gasteiger partial charge on any atom is -0.444 e. The summed E-state index contributed by atoms with van der Waals surface area (Å²) >= 11 is 0. The Morgan fingerprint density at radius 3 is 2.55 bits per heavy atom. The predicted molar refractivity (Wildman–Crippen MR) is 82.8 cm³/mol. The number of carbonyl (C=O) groups excluding carboxylic acids is 1. The van der Waals surface area contributed by atoms with Crippen molar-refractivity contribution in [3.05, 3.63) is 0 Å². The van der Waals surface area contributed by atoms with Crippen LogP contribution in [0.3, 0.4) is 0 Å². The molecule has 0 aromatic carbocycles. The first-order valence-corrected chi connectivity index (χ1v) is 8.00. The molecule has 4 nitrogen and oxygen atoms in total. The van der Waals surface area contributed by atoms with Crippen molar-refractivity contribution >= 4 is 6.09 Å². The lowest BCUT2D eigenvalue weighted by molar-refractivity contribution is 0.0527.